The first-order chi connectivity index (χ1) is 14.0. The zero-order valence-electron chi connectivity index (χ0n) is 16.7. The second-order valence-corrected chi connectivity index (χ2v) is 8.69. The third-order valence-corrected chi connectivity index (χ3v) is 6.97. The summed E-state index contributed by atoms with van der Waals surface area (Å²) in [5.41, 5.74) is -0.154. The molecule has 2 bridgehead atoms. The van der Waals surface area contributed by atoms with Gasteiger partial charge in [0.15, 0.2) is 0 Å². The molecule has 29 heavy (non-hydrogen) atoms. The van der Waals surface area contributed by atoms with E-state index >= 15 is 0 Å². The van der Waals surface area contributed by atoms with Crippen LogP contribution in [0.5, 0.6) is 0 Å². The summed E-state index contributed by atoms with van der Waals surface area (Å²) in [6.45, 7) is 2.95. The van der Waals surface area contributed by atoms with E-state index in [0.717, 1.165) is 24.8 Å². The molecule has 156 valence electrons. The number of hydrogen-bond donors (Lipinski definition) is 2. The number of fused-ring (bicyclic) bond motifs is 2. The lowest BCUT2D eigenvalue weighted by Crippen LogP contribution is -2.57. The van der Waals surface area contributed by atoms with Crippen LogP contribution in [0, 0.1) is 17.3 Å². The minimum Gasteiger partial charge on any atom is -0.480 e. The maximum absolute atomic E-state index is 13.2. The van der Waals surface area contributed by atoms with Crippen molar-refractivity contribution in [2.45, 2.75) is 32.2 Å². The molecule has 7 heteroatoms. The largest absolute Gasteiger partial charge is 0.480 e. The zero-order chi connectivity index (χ0) is 20.4. The Labute approximate surface area is 171 Å². The van der Waals surface area contributed by atoms with Crippen LogP contribution in [0.25, 0.3) is 0 Å². The molecule has 2 N–H and O–H groups in total. The first-order valence-corrected chi connectivity index (χ1v) is 10.5. The molecule has 1 aromatic carbocycles. The molecule has 0 spiro atoms. The summed E-state index contributed by atoms with van der Waals surface area (Å²) in [5.74, 6) is -0.819. The van der Waals surface area contributed by atoms with E-state index in [2.05, 4.69) is 5.32 Å². The topological polar surface area (TPSA) is 90.0 Å². The average Bonchev–Trinajstić information content (AvgIpc) is 3.35. The van der Waals surface area contributed by atoms with Crippen LogP contribution in [0.1, 0.15) is 31.2 Å². The van der Waals surface area contributed by atoms with Crippen molar-refractivity contribution >= 4 is 17.8 Å². The Kier molecular flexibility index (Phi) is 5.58. The van der Waals surface area contributed by atoms with Crippen LogP contribution in [0.3, 0.4) is 0 Å². The first kappa shape index (κ1) is 19.9. The van der Waals surface area contributed by atoms with Gasteiger partial charge < -0.3 is 15.3 Å². The summed E-state index contributed by atoms with van der Waals surface area (Å²) < 4.78 is 0. The van der Waals surface area contributed by atoms with Gasteiger partial charge in [-0.05, 0) is 36.7 Å². The van der Waals surface area contributed by atoms with Gasteiger partial charge in [0.25, 0.3) is 0 Å². The number of nitrogens with zero attached hydrogens (tertiary/aromatic N) is 2. The van der Waals surface area contributed by atoms with Crippen molar-refractivity contribution in [1.29, 1.82) is 0 Å². The fourth-order valence-corrected chi connectivity index (χ4v) is 5.39. The van der Waals surface area contributed by atoms with E-state index in [1.807, 2.05) is 35.2 Å². The number of benzene rings is 1. The molecule has 3 unspecified atom stereocenters. The summed E-state index contributed by atoms with van der Waals surface area (Å²) in [6.07, 6.45) is 3.27. The second-order valence-electron chi connectivity index (χ2n) is 8.69. The lowest BCUT2D eigenvalue weighted by Gasteiger charge is -2.40. The highest BCUT2D eigenvalue weighted by molar-refractivity contribution is 6.03. The molecule has 2 amide bonds. The number of carboxylic acid groups (broad SMARTS) is 1. The van der Waals surface area contributed by atoms with E-state index < -0.39 is 11.4 Å². The Morgan fingerprint density at radius 3 is 2.38 bits per heavy atom. The molecule has 1 aromatic rings. The Morgan fingerprint density at radius 2 is 1.79 bits per heavy atom. The number of carboxylic acids is 1. The number of rotatable bonds is 6. The molecule has 2 aliphatic carbocycles. The molecular weight excluding hydrogens is 370 g/mol. The van der Waals surface area contributed by atoms with E-state index in [1.165, 1.54) is 0 Å². The Bertz CT molecular complexity index is 776. The molecule has 0 radical (unpaired) electrons. The molecule has 2 saturated carbocycles. The summed E-state index contributed by atoms with van der Waals surface area (Å²) in [6, 6.07) is 9.77. The van der Waals surface area contributed by atoms with Crippen molar-refractivity contribution in [1.82, 2.24) is 15.1 Å². The van der Waals surface area contributed by atoms with Crippen LogP contribution in [0.2, 0.25) is 0 Å². The number of hydrogen-bond acceptors (Lipinski definition) is 4. The van der Waals surface area contributed by atoms with Crippen molar-refractivity contribution in [3.8, 4) is 0 Å². The highest BCUT2D eigenvalue weighted by Crippen LogP contribution is 2.57. The molecule has 3 aliphatic rings. The summed E-state index contributed by atoms with van der Waals surface area (Å²) in [7, 11) is 0. The number of carbonyl (C=O) groups is 3. The van der Waals surface area contributed by atoms with Gasteiger partial charge in [-0.3, -0.25) is 19.3 Å². The Hall–Kier alpha value is -2.41. The van der Waals surface area contributed by atoms with E-state index in [1.54, 1.807) is 4.90 Å². The van der Waals surface area contributed by atoms with Gasteiger partial charge in [0, 0.05) is 32.7 Å². The van der Waals surface area contributed by atoms with Gasteiger partial charge in [0.1, 0.15) is 5.41 Å². The smallest absolute Gasteiger partial charge is 0.319 e. The minimum absolute atomic E-state index is 0.0145. The highest BCUT2D eigenvalue weighted by atomic mass is 16.4. The Balaban J connectivity index is 1.27. The van der Waals surface area contributed by atoms with Gasteiger partial charge >= 0.3 is 5.97 Å². The number of nitrogens with one attached hydrogen (secondary N) is 1. The van der Waals surface area contributed by atoms with Crippen molar-refractivity contribution in [2.24, 2.45) is 17.3 Å². The maximum atomic E-state index is 13.2. The van der Waals surface area contributed by atoms with Gasteiger partial charge in [-0.1, -0.05) is 36.8 Å². The van der Waals surface area contributed by atoms with Crippen molar-refractivity contribution in [3.05, 3.63) is 35.9 Å². The molecule has 7 nitrogen and oxygen atoms in total. The molecule has 3 fully saturated rings. The summed E-state index contributed by atoms with van der Waals surface area (Å²) in [4.78, 5) is 41.2. The predicted molar refractivity (Wildman–Crippen MR) is 107 cm³/mol. The van der Waals surface area contributed by atoms with Gasteiger partial charge in [-0.2, -0.15) is 0 Å². The molecule has 1 heterocycles. The third-order valence-electron chi connectivity index (χ3n) is 6.97. The van der Waals surface area contributed by atoms with E-state index in [9.17, 15) is 19.5 Å². The lowest BCUT2D eigenvalue weighted by atomic mass is 9.72. The second kappa shape index (κ2) is 8.14. The van der Waals surface area contributed by atoms with Gasteiger partial charge in [-0.25, -0.2) is 0 Å². The molecule has 1 saturated heterocycles. The van der Waals surface area contributed by atoms with Crippen LogP contribution in [0.15, 0.2) is 30.3 Å². The third kappa shape index (κ3) is 3.88. The Morgan fingerprint density at radius 1 is 1.07 bits per heavy atom. The van der Waals surface area contributed by atoms with E-state index in [-0.39, 0.29) is 17.7 Å². The monoisotopic (exact) mass is 399 g/mol. The zero-order valence-corrected chi connectivity index (χ0v) is 16.7. The highest BCUT2D eigenvalue weighted by Gasteiger charge is 2.61. The van der Waals surface area contributed by atoms with E-state index in [4.69, 9.17) is 0 Å². The van der Waals surface area contributed by atoms with Crippen LogP contribution in [-0.4, -0.2) is 65.4 Å². The van der Waals surface area contributed by atoms with Crippen molar-refractivity contribution < 1.29 is 19.5 Å². The number of aliphatic carboxylic acids is 1. The normalized spacial score (nSPS) is 29.0. The fraction of sp³-hybridized carbons (Fsp3) is 0.591. The molecular formula is C22H29N3O4. The van der Waals surface area contributed by atoms with Crippen molar-refractivity contribution in [3.63, 3.8) is 0 Å². The van der Waals surface area contributed by atoms with Gasteiger partial charge in [0.05, 0.1) is 6.54 Å². The summed E-state index contributed by atoms with van der Waals surface area (Å²) >= 11 is 0. The molecule has 1 aliphatic heterocycles. The SMILES string of the molecule is O=C(CN1CCN(C(=O)C2(C(=O)O)CC3CCC2C3)CC1)NCc1ccccc1. The predicted octanol–water partition coefficient (Wildman–Crippen LogP) is 1.34. The van der Waals surface area contributed by atoms with Crippen LogP contribution >= 0.6 is 0 Å². The van der Waals surface area contributed by atoms with Crippen LogP contribution in [-0.2, 0) is 20.9 Å². The standard InChI is InChI=1S/C22H29N3O4/c26-19(23-14-16-4-2-1-3-5-16)15-24-8-10-25(11-9-24)20(27)22(21(28)29)13-17-6-7-18(22)12-17/h1-5,17-18H,6-15H2,(H,23,26)(H,28,29). The first-order valence-electron chi connectivity index (χ1n) is 10.5. The van der Waals surface area contributed by atoms with Crippen LogP contribution < -0.4 is 5.32 Å². The fourth-order valence-electron chi connectivity index (χ4n) is 5.39. The minimum atomic E-state index is -1.21. The van der Waals surface area contributed by atoms with Gasteiger partial charge in [0.2, 0.25) is 11.8 Å². The molecule has 0 aromatic heterocycles. The maximum Gasteiger partial charge on any atom is 0.319 e. The number of carbonyl (C=O) groups excluding carboxylic acids is 2. The summed E-state index contributed by atoms with van der Waals surface area (Å²) in [5, 5.41) is 12.8. The number of piperazine rings is 1. The quantitative estimate of drug-likeness (QED) is 0.705. The number of amides is 2. The lowest BCUT2D eigenvalue weighted by molar-refractivity contribution is -0.166. The molecule has 3 atom stereocenters. The van der Waals surface area contributed by atoms with Gasteiger partial charge in [-0.15, -0.1) is 0 Å². The average molecular weight is 399 g/mol. The van der Waals surface area contributed by atoms with Crippen LogP contribution in [0.4, 0.5) is 0 Å². The van der Waals surface area contributed by atoms with E-state index in [0.29, 0.717) is 51.6 Å². The molecule has 4 rings (SSSR count). The van der Waals surface area contributed by atoms with Crippen molar-refractivity contribution in [2.75, 3.05) is 32.7 Å².